The number of hydrogen-bond donors (Lipinski definition) is 1. The predicted molar refractivity (Wildman–Crippen MR) is 113 cm³/mol. The molecule has 2 aromatic heterocycles. The molecular weight excluding hydrogens is 439 g/mol. The first-order valence-electron chi connectivity index (χ1n) is 9.62. The average molecular weight is 457 g/mol. The number of aromatic nitrogens is 3. The molecule has 7 nitrogen and oxygen atoms in total. The highest BCUT2D eigenvalue weighted by Gasteiger charge is 2.26. The highest BCUT2D eigenvalue weighted by Crippen LogP contribution is 2.42. The SMILES string of the molecule is O=S(=O)(NCc1nc(-c2ccc(-c3csc(C4CC4)n3)cc2)no1)c1ccc(F)cc1. The molecule has 1 aliphatic carbocycles. The Balaban J connectivity index is 1.26. The third kappa shape index (κ3) is 4.41. The molecule has 0 saturated heterocycles. The van der Waals surface area contributed by atoms with Gasteiger partial charge in [0.15, 0.2) is 0 Å². The van der Waals surface area contributed by atoms with Gasteiger partial charge in [-0.15, -0.1) is 11.3 Å². The molecule has 2 aromatic carbocycles. The van der Waals surface area contributed by atoms with E-state index in [1.54, 1.807) is 11.3 Å². The highest BCUT2D eigenvalue weighted by molar-refractivity contribution is 7.89. The summed E-state index contributed by atoms with van der Waals surface area (Å²) in [5, 5.41) is 7.20. The molecule has 1 aliphatic rings. The van der Waals surface area contributed by atoms with Gasteiger partial charge in [-0.05, 0) is 37.1 Å². The molecule has 158 valence electrons. The van der Waals surface area contributed by atoms with Crippen molar-refractivity contribution in [3.8, 4) is 22.6 Å². The van der Waals surface area contributed by atoms with Crippen molar-refractivity contribution in [1.82, 2.24) is 19.8 Å². The molecule has 0 bridgehead atoms. The first-order valence-corrected chi connectivity index (χ1v) is 12.0. The number of hydrogen-bond acceptors (Lipinski definition) is 7. The normalized spacial score (nSPS) is 14.1. The molecule has 1 fully saturated rings. The van der Waals surface area contributed by atoms with Crippen molar-refractivity contribution < 1.29 is 17.3 Å². The van der Waals surface area contributed by atoms with Crippen molar-refractivity contribution in [2.75, 3.05) is 0 Å². The Kier molecular flexibility index (Phi) is 5.12. The predicted octanol–water partition coefficient (Wildman–Crippen LogP) is 4.36. The number of halogens is 1. The monoisotopic (exact) mass is 456 g/mol. The van der Waals surface area contributed by atoms with Gasteiger partial charge in [-0.3, -0.25) is 0 Å². The van der Waals surface area contributed by atoms with Crippen LogP contribution < -0.4 is 4.72 Å². The topological polar surface area (TPSA) is 98.0 Å². The maximum Gasteiger partial charge on any atom is 0.242 e. The van der Waals surface area contributed by atoms with Crippen LogP contribution >= 0.6 is 11.3 Å². The third-order valence-corrected chi connectivity index (χ3v) is 7.32. The lowest BCUT2D eigenvalue weighted by Gasteiger charge is -2.04. The zero-order valence-corrected chi connectivity index (χ0v) is 17.8. The summed E-state index contributed by atoms with van der Waals surface area (Å²) in [4.78, 5) is 8.91. The summed E-state index contributed by atoms with van der Waals surface area (Å²) < 4.78 is 45.1. The number of benzene rings is 2. The molecule has 2 heterocycles. The van der Waals surface area contributed by atoms with Gasteiger partial charge < -0.3 is 4.52 Å². The van der Waals surface area contributed by atoms with Crippen LogP contribution in [0, 0.1) is 5.82 Å². The molecule has 4 aromatic rings. The van der Waals surface area contributed by atoms with Gasteiger partial charge in [0.25, 0.3) is 0 Å². The summed E-state index contributed by atoms with van der Waals surface area (Å²) >= 11 is 1.70. The second-order valence-electron chi connectivity index (χ2n) is 7.21. The van der Waals surface area contributed by atoms with E-state index in [1.165, 1.54) is 30.0 Å². The molecule has 0 radical (unpaired) electrons. The summed E-state index contributed by atoms with van der Waals surface area (Å²) in [5.41, 5.74) is 2.72. The van der Waals surface area contributed by atoms with Crippen molar-refractivity contribution in [2.24, 2.45) is 0 Å². The van der Waals surface area contributed by atoms with Crippen LogP contribution in [0.25, 0.3) is 22.6 Å². The second kappa shape index (κ2) is 7.95. The van der Waals surface area contributed by atoms with Crippen LogP contribution in [-0.4, -0.2) is 23.5 Å². The minimum absolute atomic E-state index is 0.0453. The summed E-state index contributed by atoms with van der Waals surface area (Å²) in [6.07, 6.45) is 2.46. The number of rotatable bonds is 7. The second-order valence-corrected chi connectivity index (χ2v) is 9.87. The molecule has 0 spiro atoms. The van der Waals surface area contributed by atoms with Crippen LogP contribution in [0.1, 0.15) is 29.7 Å². The molecule has 1 N–H and O–H groups in total. The molecule has 1 saturated carbocycles. The van der Waals surface area contributed by atoms with Crippen molar-refractivity contribution >= 4 is 21.4 Å². The van der Waals surface area contributed by atoms with E-state index in [-0.39, 0.29) is 17.3 Å². The number of nitrogens with one attached hydrogen (secondary N) is 1. The highest BCUT2D eigenvalue weighted by atomic mass is 32.2. The van der Waals surface area contributed by atoms with E-state index >= 15 is 0 Å². The van der Waals surface area contributed by atoms with Gasteiger partial charge in [0.05, 0.1) is 22.1 Å². The Morgan fingerprint density at radius 2 is 1.74 bits per heavy atom. The van der Waals surface area contributed by atoms with Crippen LogP contribution in [-0.2, 0) is 16.6 Å². The van der Waals surface area contributed by atoms with Gasteiger partial charge in [0, 0.05) is 22.4 Å². The molecule has 0 unspecified atom stereocenters. The maximum atomic E-state index is 13.0. The Morgan fingerprint density at radius 1 is 1.03 bits per heavy atom. The smallest absolute Gasteiger partial charge is 0.242 e. The van der Waals surface area contributed by atoms with E-state index in [2.05, 4.69) is 20.2 Å². The Labute approximate surface area is 182 Å². The molecule has 10 heteroatoms. The lowest BCUT2D eigenvalue weighted by Crippen LogP contribution is -2.23. The fourth-order valence-electron chi connectivity index (χ4n) is 3.03. The minimum Gasteiger partial charge on any atom is -0.338 e. The quantitative estimate of drug-likeness (QED) is 0.444. The van der Waals surface area contributed by atoms with E-state index < -0.39 is 15.8 Å². The van der Waals surface area contributed by atoms with E-state index in [0.717, 1.165) is 29.0 Å². The minimum atomic E-state index is -3.82. The van der Waals surface area contributed by atoms with Crippen LogP contribution in [0.5, 0.6) is 0 Å². The lowest BCUT2D eigenvalue weighted by atomic mass is 10.1. The lowest BCUT2D eigenvalue weighted by molar-refractivity contribution is 0.376. The van der Waals surface area contributed by atoms with Crippen molar-refractivity contribution in [3.63, 3.8) is 0 Å². The van der Waals surface area contributed by atoms with Gasteiger partial charge in [0.1, 0.15) is 5.82 Å². The Morgan fingerprint density at radius 3 is 2.45 bits per heavy atom. The maximum absolute atomic E-state index is 13.0. The summed E-state index contributed by atoms with van der Waals surface area (Å²) in [6.45, 7) is -0.173. The molecule has 5 rings (SSSR count). The van der Waals surface area contributed by atoms with E-state index in [9.17, 15) is 12.8 Å². The zero-order chi connectivity index (χ0) is 21.4. The number of thiazole rings is 1. The molecule has 0 atom stereocenters. The van der Waals surface area contributed by atoms with Crippen LogP contribution in [0.3, 0.4) is 0 Å². The largest absolute Gasteiger partial charge is 0.338 e. The van der Waals surface area contributed by atoms with Gasteiger partial charge in [0.2, 0.25) is 21.7 Å². The first kappa shape index (κ1) is 20.0. The molecular formula is C21H17FN4O3S2. The van der Waals surface area contributed by atoms with Crippen molar-refractivity contribution in [1.29, 1.82) is 0 Å². The van der Waals surface area contributed by atoms with Crippen molar-refractivity contribution in [2.45, 2.75) is 30.2 Å². The first-order chi connectivity index (χ1) is 15.0. The third-order valence-electron chi connectivity index (χ3n) is 4.89. The molecule has 31 heavy (non-hydrogen) atoms. The van der Waals surface area contributed by atoms with Crippen LogP contribution in [0.2, 0.25) is 0 Å². The van der Waals surface area contributed by atoms with Crippen molar-refractivity contribution in [3.05, 3.63) is 70.6 Å². The fourth-order valence-corrected chi connectivity index (χ4v) is 5.00. The van der Waals surface area contributed by atoms with Crippen LogP contribution in [0.4, 0.5) is 4.39 Å². The van der Waals surface area contributed by atoms with Gasteiger partial charge in [-0.1, -0.05) is 29.4 Å². The van der Waals surface area contributed by atoms with Gasteiger partial charge >= 0.3 is 0 Å². The van der Waals surface area contributed by atoms with E-state index in [1.807, 2.05) is 24.3 Å². The van der Waals surface area contributed by atoms with Gasteiger partial charge in [-0.2, -0.15) is 4.98 Å². The Bertz CT molecular complexity index is 1310. The summed E-state index contributed by atoms with van der Waals surface area (Å²) in [6, 6.07) is 12.2. The zero-order valence-electron chi connectivity index (χ0n) is 16.2. The fraction of sp³-hybridized carbons (Fsp3) is 0.190. The summed E-state index contributed by atoms with van der Waals surface area (Å²) in [7, 11) is -3.82. The standard InChI is InChI=1S/C21H17FN4O3S2/c22-16-7-9-17(10-8-16)31(27,28)23-11-19-25-20(26-29-19)14-3-1-13(2-4-14)18-12-30-21(24-18)15-5-6-15/h1-4,7-10,12,15,23H,5-6,11H2. The van der Waals surface area contributed by atoms with Crippen LogP contribution in [0.15, 0.2) is 63.3 Å². The number of nitrogens with zero attached hydrogens (tertiary/aromatic N) is 3. The van der Waals surface area contributed by atoms with Gasteiger partial charge in [-0.25, -0.2) is 22.5 Å². The molecule has 0 aliphatic heterocycles. The number of sulfonamides is 1. The summed E-state index contributed by atoms with van der Waals surface area (Å²) in [5.74, 6) is 0.610. The Hall–Kier alpha value is -2.95. The van der Waals surface area contributed by atoms with E-state index in [0.29, 0.717) is 11.7 Å². The van der Waals surface area contributed by atoms with E-state index in [4.69, 9.17) is 9.51 Å². The molecule has 0 amide bonds. The average Bonchev–Trinajstić information content (AvgIpc) is 3.31.